The van der Waals surface area contributed by atoms with Gasteiger partial charge in [0.1, 0.15) is 24.3 Å². The van der Waals surface area contributed by atoms with Gasteiger partial charge >= 0.3 is 6.18 Å². The minimum Gasteiger partial charge on any atom is -0.491 e. The van der Waals surface area contributed by atoms with Crippen LogP contribution in [0.2, 0.25) is 0 Å². The molecule has 0 saturated carbocycles. The summed E-state index contributed by atoms with van der Waals surface area (Å²) < 4.78 is 43.3. The summed E-state index contributed by atoms with van der Waals surface area (Å²) in [6.45, 7) is -0.0683. The summed E-state index contributed by atoms with van der Waals surface area (Å²) in [5.74, 6) is 0.557. The van der Waals surface area contributed by atoms with Crippen LogP contribution in [0.5, 0.6) is 5.75 Å². The van der Waals surface area contributed by atoms with Crippen LogP contribution in [0, 0.1) is 11.3 Å². The summed E-state index contributed by atoms with van der Waals surface area (Å²) in [7, 11) is 0. The van der Waals surface area contributed by atoms with Gasteiger partial charge < -0.3 is 15.2 Å². The van der Waals surface area contributed by atoms with E-state index < -0.39 is 17.8 Å². The maximum atomic E-state index is 12.7. The highest BCUT2D eigenvalue weighted by atomic mass is 19.4. The fraction of sp³-hybridized carbons (Fsp3) is 0.200. The second-order valence-corrected chi connectivity index (χ2v) is 6.09. The van der Waals surface area contributed by atoms with Crippen LogP contribution in [0.4, 0.5) is 19.0 Å². The van der Waals surface area contributed by atoms with Crippen molar-refractivity contribution in [1.29, 1.82) is 5.26 Å². The lowest BCUT2D eigenvalue weighted by Gasteiger charge is -2.15. The van der Waals surface area contributed by atoms with Crippen LogP contribution >= 0.6 is 0 Å². The van der Waals surface area contributed by atoms with Gasteiger partial charge in [0.05, 0.1) is 22.7 Å². The van der Waals surface area contributed by atoms with E-state index in [2.05, 4.69) is 16.4 Å². The number of nitrogens with zero attached hydrogens (tertiary/aromatic N) is 2. The zero-order valence-electron chi connectivity index (χ0n) is 14.6. The second kappa shape index (κ2) is 8.15. The Kier molecular flexibility index (Phi) is 5.66. The molecule has 0 fully saturated rings. The number of nitriles is 1. The number of rotatable bonds is 6. The average molecular weight is 387 g/mol. The van der Waals surface area contributed by atoms with E-state index in [1.54, 1.807) is 30.3 Å². The molecule has 1 heterocycles. The first-order chi connectivity index (χ1) is 13.3. The van der Waals surface area contributed by atoms with Crippen LogP contribution in [0.1, 0.15) is 11.1 Å². The number of hydrogen-bond acceptors (Lipinski definition) is 5. The highest BCUT2D eigenvalue weighted by Crippen LogP contribution is 2.31. The zero-order chi connectivity index (χ0) is 20.1. The summed E-state index contributed by atoms with van der Waals surface area (Å²) >= 11 is 0. The fourth-order valence-electron chi connectivity index (χ4n) is 2.53. The van der Waals surface area contributed by atoms with E-state index in [0.717, 1.165) is 17.5 Å². The smallest absolute Gasteiger partial charge is 0.416 e. The number of aliphatic hydroxyl groups excluding tert-OH is 1. The second-order valence-electron chi connectivity index (χ2n) is 6.09. The van der Waals surface area contributed by atoms with E-state index in [1.807, 2.05) is 0 Å². The Morgan fingerprint density at radius 2 is 1.96 bits per heavy atom. The van der Waals surface area contributed by atoms with E-state index in [1.165, 1.54) is 12.1 Å². The van der Waals surface area contributed by atoms with Gasteiger partial charge in [-0.3, -0.25) is 0 Å². The molecule has 3 rings (SSSR count). The molecule has 28 heavy (non-hydrogen) atoms. The molecule has 0 aliphatic rings. The molecule has 0 saturated heterocycles. The maximum absolute atomic E-state index is 12.7. The lowest BCUT2D eigenvalue weighted by Crippen LogP contribution is -2.26. The van der Waals surface area contributed by atoms with Crippen molar-refractivity contribution in [3.05, 3.63) is 65.7 Å². The molecule has 2 N–H and O–H groups in total. The number of anilines is 1. The van der Waals surface area contributed by atoms with Crippen LogP contribution in [-0.4, -0.2) is 29.3 Å². The molecular weight excluding hydrogens is 371 g/mol. The van der Waals surface area contributed by atoms with Gasteiger partial charge in [-0.2, -0.15) is 18.4 Å². The number of benzene rings is 2. The number of fused-ring (bicyclic) bond motifs is 1. The van der Waals surface area contributed by atoms with Crippen molar-refractivity contribution < 1.29 is 23.0 Å². The Balaban J connectivity index is 1.55. The van der Waals surface area contributed by atoms with Gasteiger partial charge in [-0.1, -0.05) is 6.07 Å². The Morgan fingerprint density at radius 1 is 1.14 bits per heavy atom. The standard InChI is InChI=1S/C20H16F3N3O2/c21-20(22,23)15-2-1-3-17(9-15)28-12-16(27)11-25-19-7-5-14-8-13(10-24)4-6-18(14)26-19/h1-9,16,27H,11-12H2,(H,25,26). The van der Waals surface area contributed by atoms with Gasteiger partial charge in [0.25, 0.3) is 0 Å². The number of aromatic nitrogens is 1. The molecule has 5 nitrogen and oxygen atoms in total. The van der Waals surface area contributed by atoms with E-state index in [9.17, 15) is 18.3 Å². The van der Waals surface area contributed by atoms with Crippen LogP contribution in [0.15, 0.2) is 54.6 Å². The Bertz CT molecular complexity index is 1020. The molecule has 0 amide bonds. The van der Waals surface area contributed by atoms with Gasteiger partial charge in [0, 0.05) is 11.9 Å². The summed E-state index contributed by atoms with van der Waals surface area (Å²) in [6, 6.07) is 15.2. The Hall–Kier alpha value is -3.31. The molecule has 0 aliphatic carbocycles. The van der Waals surface area contributed by atoms with E-state index >= 15 is 0 Å². The topological polar surface area (TPSA) is 78.2 Å². The Labute approximate surface area is 159 Å². The molecule has 0 radical (unpaired) electrons. The number of alkyl halides is 3. The monoisotopic (exact) mass is 387 g/mol. The number of ether oxygens (including phenoxy) is 1. The first kappa shape index (κ1) is 19.5. The van der Waals surface area contributed by atoms with Crippen molar-refractivity contribution in [2.24, 2.45) is 0 Å². The SMILES string of the molecule is N#Cc1ccc2nc(NCC(O)COc3cccc(C(F)(F)F)c3)ccc2c1. The number of aliphatic hydroxyl groups is 1. The molecular formula is C20H16F3N3O2. The number of hydrogen-bond donors (Lipinski definition) is 2. The van der Waals surface area contributed by atoms with Crippen LogP contribution in [-0.2, 0) is 6.18 Å². The van der Waals surface area contributed by atoms with Gasteiger partial charge in [-0.25, -0.2) is 4.98 Å². The molecule has 2 aromatic carbocycles. The zero-order valence-corrected chi connectivity index (χ0v) is 14.6. The first-order valence-corrected chi connectivity index (χ1v) is 8.38. The predicted octanol–water partition coefficient (Wildman–Crippen LogP) is 3.98. The molecule has 0 spiro atoms. The molecule has 1 aromatic heterocycles. The van der Waals surface area contributed by atoms with Crippen molar-refractivity contribution in [2.75, 3.05) is 18.5 Å². The van der Waals surface area contributed by atoms with Crippen molar-refractivity contribution >= 4 is 16.7 Å². The lowest BCUT2D eigenvalue weighted by molar-refractivity contribution is -0.137. The van der Waals surface area contributed by atoms with Crippen LogP contribution < -0.4 is 10.1 Å². The molecule has 3 aromatic rings. The molecule has 1 unspecified atom stereocenters. The normalized spacial score (nSPS) is 12.4. The van der Waals surface area contributed by atoms with Crippen LogP contribution in [0.3, 0.4) is 0 Å². The molecule has 8 heteroatoms. The Morgan fingerprint density at radius 3 is 2.71 bits per heavy atom. The highest BCUT2D eigenvalue weighted by Gasteiger charge is 2.30. The predicted molar refractivity (Wildman–Crippen MR) is 97.9 cm³/mol. The summed E-state index contributed by atoms with van der Waals surface area (Å²) in [6.07, 6.45) is -5.40. The third-order valence-corrected chi connectivity index (χ3v) is 3.94. The van der Waals surface area contributed by atoms with E-state index in [-0.39, 0.29) is 18.9 Å². The quantitative estimate of drug-likeness (QED) is 0.669. The summed E-state index contributed by atoms with van der Waals surface area (Å²) in [4.78, 5) is 4.38. The first-order valence-electron chi connectivity index (χ1n) is 8.38. The minimum atomic E-state index is -4.45. The number of nitrogens with one attached hydrogen (secondary N) is 1. The molecule has 0 aliphatic heterocycles. The van der Waals surface area contributed by atoms with Crippen molar-refractivity contribution in [2.45, 2.75) is 12.3 Å². The number of halogens is 3. The van der Waals surface area contributed by atoms with Crippen LogP contribution in [0.25, 0.3) is 10.9 Å². The number of pyridine rings is 1. The highest BCUT2D eigenvalue weighted by molar-refractivity contribution is 5.81. The van der Waals surface area contributed by atoms with Crippen molar-refractivity contribution in [3.63, 3.8) is 0 Å². The maximum Gasteiger partial charge on any atom is 0.416 e. The van der Waals surface area contributed by atoms with Gasteiger partial charge in [-0.15, -0.1) is 0 Å². The third-order valence-electron chi connectivity index (χ3n) is 3.94. The van der Waals surface area contributed by atoms with Crippen molar-refractivity contribution in [1.82, 2.24) is 4.98 Å². The largest absolute Gasteiger partial charge is 0.491 e. The molecule has 0 bridgehead atoms. The molecule has 1 atom stereocenters. The summed E-state index contributed by atoms with van der Waals surface area (Å²) in [5.41, 5.74) is 0.424. The third kappa shape index (κ3) is 4.90. The van der Waals surface area contributed by atoms with Gasteiger partial charge in [0.2, 0.25) is 0 Å². The van der Waals surface area contributed by atoms with E-state index in [4.69, 9.17) is 10.00 Å². The van der Waals surface area contributed by atoms with Crippen molar-refractivity contribution in [3.8, 4) is 11.8 Å². The van der Waals surface area contributed by atoms with Gasteiger partial charge in [0.15, 0.2) is 0 Å². The van der Waals surface area contributed by atoms with Gasteiger partial charge in [-0.05, 0) is 48.5 Å². The minimum absolute atomic E-state index is 0.0333. The van der Waals surface area contributed by atoms with E-state index in [0.29, 0.717) is 16.9 Å². The average Bonchev–Trinajstić information content (AvgIpc) is 2.69. The lowest BCUT2D eigenvalue weighted by atomic mass is 10.1. The molecule has 144 valence electrons. The summed E-state index contributed by atoms with van der Waals surface area (Å²) in [5, 5.41) is 22.7. The fourth-order valence-corrected chi connectivity index (χ4v) is 2.53.